The molecule has 0 spiro atoms. The molecule has 0 atom stereocenters. The molecule has 0 fully saturated rings. The van der Waals surface area contributed by atoms with Gasteiger partial charge in [0, 0.05) is 12.1 Å². The van der Waals surface area contributed by atoms with Crippen molar-refractivity contribution in [3.05, 3.63) is 41.3 Å². The highest BCUT2D eigenvalue weighted by atomic mass is 16.4. The van der Waals surface area contributed by atoms with E-state index in [1.165, 1.54) is 5.56 Å². The normalized spacial score (nSPS) is 12.3. The first-order valence-electron chi connectivity index (χ1n) is 8.52. The summed E-state index contributed by atoms with van der Waals surface area (Å²) in [6, 6.07) is 8.13. The van der Waals surface area contributed by atoms with Gasteiger partial charge in [-0.25, -0.2) is 4.98 Å². The van der Waals surface area contributed by atoms with E-state index in [0.717, 1.165) is 5.56 Å². The molecule has 1 aromatic heterocycles. The maximum absolute atomic E-state index is 12.0. The average molecular weight is 344 g/mol. The number of carbonyl (C=O) groups is 1. The number of benzene rings is 1. The van der Waals surface area contributed by atoms with Gasteiger partial charge in [-0.05, 0) is 43.9 Å². The first-order valence-corrected chi connectivity index (χ1v) is 8.52. The molecule has 1 aromatic carbocycles. The Morgan fingerprint density at radius 2 is 1.76 bits per heavy atom. The van der Waals surface area contributed by atoms with Gasteiger partial charge in [0.1, 0.15) is 5.76 Å². The monoisotopic (exact) mass is 344 g/mol. The molecule has 0 saturated carbocycles. The van der Waals surface area contributed by atoms with Crippen molar-refractivity contribution in [2.75, 3.05) is 6.54 Å². The van der Waals surface area contributed by atoms with Crippen molar-refractivity contribution in [3.63, 3.8) is 0 Å². The van der Waals surface area contributed by atoms with Gasteiger partial charge >= 0.3 is 0 Å². The Morgan fingerprint density at radius 3 is 2.28 bits per heavy atom. The summed E-state index contributed by atoms with van der Waals surface area (Å²) in [6.07, 6.45) is 0.130. The van der Waals surface area contributed by atoms with Crippen molar-refractivity contribution in [1.82, 2.24) is 10.3 Å². The number of rotatable bonds is 5. The molecular weight excluding hydrogens is 316 g/mol. The van der Waals surface area contributed by atoms with Gasteiger partial charge in [-0.2, -0.15) is 0 Å². The highest BCUT2D eigenvalue weighted by Gasteiger charge is 2.18. The van der Waals surface area contributed by atoms with Gasteiger partial charge in [0.05, 0.1) is 17.7 Å². The molecule has 0 aliphatic carbocycles. The Kier molecular flexibility index (Phi) is 5.37. The summed E-state index contributed by atoms with van der Waals surface area (Å²) in [5, 5.41) is 12.4. The lowest BCUT2D eigenvalue weighted by Crippen LogP contribution is -2.38. The Hall–Kier alpha value is -2.14. The molecule has 1 amide bonds. The molecular formula is C20H28N2O3. The highest BCUT2D eigenvalue weighted by Crippen LogP contribution is 2.27. The number of oxazole rings is 1. The van der Waals surface area contributed by atoms with Crippen LogP contribution in [0.2, 0.25) is 0 Å². The molecule has 2 rings (SSSR count). The SMILES string of the molecule is Cc1oc(-c2ccc(C(C)(C)C)cc2)nc1CC(=O)NCC(C)(C)O. The summed E-state index contributed by atoms with van der Waals surface area (Å²) >= 11 is 0. The third kappa shape index (κ3) is 5.43. The van der Waals surface area contributed by atoms with Crippen LogP contribution >= 0.6 is 0 Å². The lowest BCUT2D eigenvalue weighted by molar-refractivity contribution is -0.121. The molecule has 5 nitrogen and oxygen atoms in total. The first kappa shape index (κ1) is 19.2. The molecule has 0 bridgehead atoms. The van der Waals surface area contributed by atoms with E-state index in [1.807, 2.05) is 12.1 Å². The Labute approximate surface area is 149 Å². The van der Waals surface area contributed by atoms with Crippen LogP contribution < -0.4 is 5.32 Å². The van der Waals surface area contributed by atoms with Crippen molar-refractivity contribution >= 4 is 5.91 Å². The van der Waals surface area contributed by atoms with Crippen LogP contribution in [0.3, 0.4) is 0 Å². The number of hydrogen-bond acceptors (Lipinski definition) is 4. The second-order valence-corrected chi connectivity index (χ2v) is 8.12. The minimum atomic E-state index is -0.936. The number of amides is 1. The van der Waals surface area contributed by atoms with Gasteiger partial charge in [-0.15, -0.1) is 0 Å². The van der Waals surface area contributed by atoms with Gasteiger partial charge < -0.3 is 14.8 Å². The number of aromatic nitrogens is 1. The molecule has 136 valence electrons. The van der Waals surface area contributed by atoms with Crippen LogP contribution in [-0.2, 0) is 16.6 Å². The lowest BCUT2D eigenvalue weighted by atomic mass is 9.87. The van der Waals surface area contributed by atoms with Crippen LogP contribution in [0.25, 0.3) is 11.5 Å². The van der Waals surface area contributed by atoms with Gasteiger partial charge in [0.25, 0.3) is 0 Å². The molecule has 2 N–H and O–H groups in total. The minimum absolute atomic E-state index is 0.0920. The van der Waals surface area contributed by atoms with Crippen molar-refractivity contribution in [1.29, 1.82) is 0 Å². The number of aliphatic hydroxyl groups is 1. The molecule has 2 aromatic rings. The van der Waals surface area contributed by atoms with E-state index in [4.69, 9.17) is 4.42 Å². The Bertz CT molecular complexity index is 732. The van der Waals surface area contributed by atoms with E-state index in [1.54, 1.807) is 20.8 Å². The highest BCUT2D eigenvalue weighted by molar-refractivity contribution is 5.78. The van der Waals surface area contributed by atoms with Crippen LogP contribution in [0.1, 0.15) is 51.6 Å². The summed E-state index contributed by atoms with van der Waals surface area (Å²) < 4.78 is 5.73. The second-order valence-electron chi connectivity index (χ2n) is 8.12. The number of carbonyl (C=O) groups excluding carboxylic acids is 1. The first-order chi connectivity index (χ1) is 11.5. The largest absolute Gasteiger partial charge is 0.441 e. The Morgan fingerprint density at radius 1 is 1.16 bits per heavy atom. The standard InChI is InChI=1S/C20H28N2O3/c1-13-16(11-17(23)21-12-20(5,6)24)22-18(25-13)14-7-9-15(10-8-14)19(2,3)4/h7-10,24H,11-12H2,1-6H3,(H,21,23). The minimum Gasteiger partial charge on any atom is -0.441 e. The summed E-state index contributed by atoms with van der Waals surface area (Å²) in [6.45, 7) is 11.8. The summed E-state index contributed by atoms with van der Waals surface area (Å²) in [4.78, 5) is 16.5. The summed E-state index contributed by atoms with van der Waals surface area (Å²) in [5.41, 5.74) is 1.90. The Balaban J connectivity index is 2.10. The fourth-order valence-corrected chi connectivity index (χ4v) is 2.36. The van der Waals surface area contributed by atoms with Gasteiger partial charge in [-0.3, -0.25) is 4.79 Å². The number of nitrogens with one attached hydrogen (secondary N) is 1. The van der Waals surface area contributed by atoms with E-state index >= 15 is 0 Å². The zero-order chi connectivity index (χ0) is 18.8. The number of aryl methyl sites for hydroxylation is 1. The zero-order valence-corrected chi connectivity index (χ0v) is 15.9. The van der Waals surface area contributed by atoms with E-state index in [9.17, 15) is 9.90 Å². The van der Waals surface area contributed by atoms with E-state index in [0.29, 0.717) is 17.3 Å². The summed E-state index contributed by atoms with van der Waals surface area (Å²) in [7, 11) is 0. The third-order valence-corrected chi connectivity index (χ3v) is 3.94. The summed E-state index contributed by atoms with van der Waals surface area (Å²) in [5.74, 6) is 0.963. The molecule has 25 heavy (non-hydrogen) atoms. The van der Waals surface area contributed by atoms with Crippen LogP contribution in [0.5, 0.6) is 0 Å². The van der Waals surface area contributed by atoms with Gasteiger partial charge in [-0.1, -0.05) is 32.9 Å². The second kappa shape index (κ2) is 7.00. The molecule has 0 saturated heterocycles. The van der Waals surface area contributed by atoms with Crippen molar-refractivity contribution < 1.29 is 14.3 Å². The third-order valence-electron chi connectivity index (χ3n) is 3.94. The fourth-order valence-electron chi connectivity index (χ4n) is 2.36. The maximum atomic E-state index is 12.0. The smallest absolute Gasteiger partial charge is 0.226 e. The molecule has 0 unspecified atom stereocenters. The quantitative estimate of drug-likeness (QED) is 0.872. The lowest BCUT2D eigenvalue weighted by Gasteiger charge is -2.18. The van der Waals surface area contributed by atoms with Gasteiger partial charge in [0.15, 0.2) is 0 Å². The van der Waals surface area contributed by atoms with E-state index in [-0.39, 0.29) is 24.3 Å². The van der Waals surface area contributed by atoms with E-state index in [2.05, 4.69) is 43.2 Å². The predicted octanol–water partition coefficient (Wildman–Crippen LogP) is 3.38. The fraction of sp³-hybridized carbons (Fsp3) is 0.500. The topological polar surface area (TPSA) is 75.4 Å². The zero-order valence-electron chi connectivity index (χ0n) is 15.9. The number of hydrogen-bond donors (Lipinski definition) is 2. The van der Waals surface area contributed by atoms with E-state index < -0.39 is 5.60 Å². The van der Waals surface area contributed by atoms with Crippen LogP contribution in [0, 0.1) is 6.92 Å². The van der Waals surface area contributed by atoms with Crippen LogP contribution in [0.4, 0.5) is 0 Å². The molecule has 0 aliphatic heterocycles. The maximum Gasteiger partial charge on any atom is 0.226 e. The molecule has 0 radical (unpaired) electrons. The average Bonchev–Trinajstić information content (AvgIpc) is 2.85. The molecule has 0 aliphatic rings. The van der Waals surface area contributed by atoms with Crippen molar-refractivity contribution in [3.8, 4) is 11.5 Å². The molecule has 5 heteroatoms. The van der Waals surface area contributed by atoms with Crippen LogP contribution in [0.15, 0.2) is 28.7 Å². The van der Waals surface area contributed by atoms with Crippen molar-refractivity contribution in [2.24, 2.45) is 0 Å². The van der Waals surface area contributed by atoms with Crippen molar-refractivity contribution in [2.45, 2.75) is 59.0 Å². The number of nitrogens with zero attached hydrogens (tertiary/aromatic N) is 1. The molecule has 1 heterocycles. The predicted molar refractivity (Wildman–Crippen MR) is 98.4 cm³/mol. The van der Waals surface area contributed by atoms with Gasteiger partial charge in [0.2, 0.25) is 11.8 Å². The van der Waals surface area contributed by atoms with Crippen LogP contribution in [-0.4, -0.2) is 28.1 Å².